The van der Waals surface area contributed by atoms with Crippen molar-refractivity contribution in [3.05, 3.63) is 46.9 Å². The van der Waals surface area contributed by atoms with E-state index in [0.717, 1.165) is 26.5 Å². The van der Waals surface area contributed by atoms with Crippen LogP contribution in [-0.4, -0.2) is 26.6 Å². The first-order chi connectivity index (χ1) is 11.7. The van der Waals surface area contributed by atoms with Gasteiger partial charge >= 0.3 is 5.97 Å². The SMILES string of the molecule is Cc1scc(C(=O)Nn2c(=S)[nH]c3sc(C(=O)O)c(C)c3c2=O)c1C. The highest BCUT2D eigenvalue weighted by molar-refractivity contribution is 7.71. The van der Waals surface area contributed by atoms with Crippen molar-refractivity contribution in [1.82, 2.24) is 9.66 Å². The van der Waals surface area contributed by atoms with Crippen LogP contribution in [-0.2, 0) is 0 Å². The van der Waals surface area contributed by atoms with Gasteiger partial charge in [0, 0.05) is 10.3 Å². The van der Waals surface area contributed by atoms with Gasteiger partial charge in [0.2, 0.25) is 4.77 Å². The third-order valence-electron chi connectivity index (χ3n) is 3.93. The van der Waals surface area contributed by atoms with E-state index in [4.69, 9.17) is 12.2 Å². The number of carbonyl (C=O) groups is 2. The molecule has 3 aromatic heterocycles. The van der Waals surface area contributed by atoms with Crippen molar-refractivity contribution in [2.45, 2.75) is 20.8 Å². The molecule has 0 fully saturated rings. The van der Waals surface area contributed by atoms with Crippen molar-refractivity contribution in [2.75, 3.05) is 5.43 Å². The number of H-pyrrole nitrogens is 1. The minimum Gasteiger partial charge on any atom is -0.477 e. The predicted molar refractivity (Wildman–Crippen MR) is 100 cm³/mol. The van der Waals surface area contributed by atoms with Gasteiger partial charge in [0.1, 0.15) is 9.71 Å². The number of carboxylic acid groups (broad SMARTS) is 1. The fourth-order valence-corrected chi connectivity index (χ4v) is 4.62. The van der Waals surface area contributed by atoms with Crippen LogP contribution in [0.15, 0.2) is 10.2 Å². The Morgan fingerprint density at radius 2 is 1.96 bits per heavy atom. The van der Waals surface area contributed by atoms with Gasteiger partial charge in [-0.15, -0.1) is 22.7 Å². The number of hydrogen-bond acceptors (Lipinski definition) is 6. The van der Waals surface area contributed by atoms with Crippen LogP contribution < -0.4 is 11.0 Å². The standard InChI is InChI=1S/C15H13N3O4S3/c1-5-7(3)24-4-8(5)11(19)17-18-13(20)9-6(2)10(14(21)22)25-12(9)16-15(18)23/h4H,1-3H3,(H,16,23)(H,17,19)(H,21,22). The lowest BCUT2D eigenvalue weighted by atomic mass is 10.2. The summed E-state index contributed by atoms with van der Waals surface area (Å²) in [4.78, 5) is 40.7. The summed E-state index contributed by atoms with van der Waals surface area (Å²) < 4.78 is 0.936. The lowest BCUT2D eigenvalue weighted by Crippen LogP contribution is -2.34. The van der Waals surface area contributed by atoms with Crippen molar-refractivity contribution in [3.63, 3.8) is 0 Å². The van der Waals surface area contributed by atoms with Crippen molar-refractivity contribution < 1.29 is 14.7 Å². The van der Waals surface area contributed by atoms with E-state index < -0.39 is 17.4 Å². The molecule has 3 heterocycles. The normalized spacial score (nSPS) is 11.0. The van der Waals surface area contributed by atoms with Gasteiger partial charge in [-0.3, -0.25) is 15.0 Å². The second kappa shape index (κ2) is 6.21. The van der Waals surface area contributed by atoms with Crippen LogP contribution in [0, 0.1) is 25.5 Å². The van der Waals surface area contributed by atoms with Gasteiger partial charge in [-0.1, -0.05) is 0 Å². The summed E-state index contributed by atoms with van der Waals surface area (Å²) in [5.41, 5.74) is 3.59. The van der Waals surface area contributed by atoms with E-state index in [9.17, 15) is 19.5 Å². The molecular formula is C15H13N3O4S3. The van der Waals surface area contributed by atoms with E-state index in [0.29, 0.717) is 16.0 Å². The van der Waals surface area contributed by atoms with E-state index in [1.54, 1.807) is 12.3 Å². The molecule has 1 amide bonds. The maximum absolute atomic E-state index is 12.7. The van der Waals surface area contributed by atoms with E-state index in [2.05, 4.69) is 10.4 Å². The molecular weight excluding hydrogens is 382 g/mol. The molecule has 0 spiro atoms. The Balaban J connectivity index is 2.14. The summed E-state index contributed by atoms with van der Waals surface area (Å²) in [7, 11) is 0. The van der Waals surface area contributed by atoms with Gasteiger partial charge < -0.3 is 10.1 Å². The van der Waals surface area contributed by atoms with Crippen LogP contribution in [0.4, 0.5) is 0 Å². The lowest BCUT2D eigenvalue weighted by molar-refractivity contribution is 0.0701. The number of thiophene rings is 2. The first-order valence-electron chi connectivity index (χ1n) is 7.10. The number of fused-ring (bicyclic) bond motifs is 1. The molecule has 3 aromatic rings. The average Bonchev–Trinajstić information content (AvgIpc) is 3.04. The van der Waals surface area contributed by atoms with Gasteiger partial charge in [-0.2, -0.15) is 4.68 Å². The molecule has 3 N–H and O–H groups in total. The van der Waals surface area contributed by atoms with Gasteiger partial charge in [0.05, 0.1) is 10.9 Å². The van der Waals surface area contributed by atoms with Crippen LogP contribution in [0.5, 0.6) is 0 Å². The zero-order valence-corrected chi connectivity index (χ0v) is 15.9. The molecule has 25 heavy (non-hydrogen) atoms. The molecule has 0 radical (unpaired) electrons. The molecule has 0 saturated carbocycles. The molecule has 3 rings (SSSR count). The minimum absolute atomic E-state index is 0.00589. The Morgan fingerprint density at radius 3 is 2.52 bits per heavy atom. The van der Waals surface area contributed by atoms with Crippen molar-refractivity contribution in [1.29, 1.82) is 0 Å². The van der Waals surface area contributed by atoms with Gasteiger partial charge in [-0.05, 0) is 44.1 Å². The number of aromatic carboxylic acids is 1. The van der Waals surface area contributed by atoms with E-state index in [1.807, 2.05) is 13.8 Å². The lowest BCUT2D eigenvalue weighted by Gasteiger charge is -2.08. The quantitative estimate of drug-likeness (QED) is 0.591. The van der Waals surface area contributed by atoms with Crippen LogP contribution in [0.25, 0.3) is 10.2 Å². The maximum Gasteiger partial charge on any atom is 0.346 e. The fourth-order valence-electron chi connectivity index (χ4n) is 2.42. The van der Waals surface area contributed by atoms with Crippen LogP contribution >= 0.6 is 34.9 Å². The Kier molecular flexibility index (Phi) is 4.35. The molecule has 0 unspecified atom stereocenters. The van der Waals surface area contributed by atoms with Crippen LogP contribution in [0.1, 0.15) is 36.0 Å². The highest BCUT2D eigenvalue weighted by Crippen LogP contribution is 2.27. The Labute approximate surface area is 154 Å². The van der Waals surface area contributed by atoms with E-state index >= 15 is 0 Å². The highest BCUT2D eigenvalue weighted by Gasteiger charge is 2.20. The summed E-state index contributed by atoms with van der Waals surface area (Å²) in [5, 5.41) is 11.1. The Hall–Kier alpha value is -2.30. The summed E-state index contributed by atoms with van der Waals surface area (Å²) in [6, 6.07) is 0. The predicted octanol–water partition coefficient (Wildman–Crippen LogP) is 3.19. The molecule has 0 saturated heterocycles. The Bertz CT molecular complexity index is 1150. The number of aromatic amines is 1. The van der Waals surface area contributed by atoms with Crippen molar-refractivity contribution >= 4 is 57.0 Å². The summed E-state index contributed by atoms with van der Waals surface area (Å²) in [6.45, 7) is 5.29. The first-order valence-corrected chi connectivity index (χ1v) is 9.20. The van der Waals surface area contributed by atoms with E-state index in [-0.39, 0.29) is 15.0 Å². The zero-order chi connectivity index (χ0) is 18.5. The molecule has 0 bridgehead atoms. The number of nitrogens with zero attached hydrogens (tertiary/aromatic N) is 1. The number of hydrogen-bond donors (Lipinski definition) is 3. The second-order valence-electron chi connectivity index (χ2n) is 5.41. The average molecular weight is 395 g/mol. The molecule has 0 aromatic carbocycles. The Morgan fingerprint density at radius 1 is 1.28 bits per heavy atom. The highest BCUT2D eigenvalue weighted by atomic mass is 32.1. The van der Waals surface area contributed by atoms with Gasteiger partial charge in [0.15, 0.2) is 0 Å². The number of nitrogens with one attached hydrogen (secondary N) is 2. The number of carboxylic acids is 1. The molecule has 0 aliphatic rings. The number of aryl methyl sites for hydroxylation is 2. The number of amides is 1. The molecule has 0 atom stereocenters. The number of aromatic nitrogens is 2. The molecule has 0 aliphatic carbocycles. The minimum atomic E-state index is -1.11. The first kappa shape index (κ1) is 17.5. The summed E-state index contributed by atoms with van der Waals surface area (Å²) in [5.74, 6) is -1.56. The largest absolute Gasteiger partial charge is 0.477 e. The molecule has 10 heteroatoms. The second-order valence-corrected chi connectivity index (χ2v) is 7.90. The van der Waals surface area contributed by atoms with E-state index in [1.165, 1.54) is 11.3 Å². The fraction of sp³-hybridized carbons (Fsp3) is 0.200. The van der Waals surface area contributed by atoms with Gasteiger partial charge in [-0.25, -0.2) is 4.79 Å². The third-order valence-corrected chi connectivity index (χ3v) is 6.42. The molecule has 130 valence electrons. The zero-order valence-electron chi connectivity index (χ0n) is 13.4. The van der Waals surface area contributed by atoms with Crippen molar-refractivity contribution in [2.24, 2.45) is 0 Å². The molecule has 7 nitrogen and oxygen atoms in total. The monoisotopic (exact) mass is 395 g/mol. The van der Waals surface area contributed by atoms with Crippen LogP contribution in [0.3, 0.4) is 0 Å². The topological polar surface area (TPSA) is 104 Å². The summed E-state index contributed by atoms with van der Waals surface area (Å²) >= 11 is 7.53. The summed E-state index contributed by atoms with van der Waals surface area (Å²) in [6.07, 6.45) is 0. The molecule has 0 aliphatic heterocycles. The van der Waals surface area contributed by atoms with Crippen LogP contribution in [0.2, 0.25) is 0 Å². The maximum atomic E-state index is 12.7. The van der Waals surface area contributed by atoms with Crippen molar-refractivity contribution in [3.8, 4) is 0 Å². The number of rotatable bonds is 3. The number of carbonyl (C=O) groups excluding carboxylic acids is 1. The third kappa shape index (κ3) is 2.81. The smallest absolute Gasteiger partial charge is 0.346 e. The van der Waals surface area contributed by atoms with Gasteiger partial charge in [0.25, 0.3) is 11.5 Å².